The van der Waals surface area contributed by atoms with Gasteiger partial charge in [0.25, 0.3) is 0 Å². The van der Waals surface area contributed by atoms with E-state index in [2.05, 4.69) is 132 Å². The largest absolute Gasteiger partial charge is 0.371 e. The Morgan fingerprint density at radius 1 is 0.667 bits per heavy atom. The fourth-order valence-electron chi connectivity index (χ4n) is 5.40. The zero-order chi connectivity index (χ0) is 26.6. The van der Waals surface area contributed by atoms with E-state index in [4.69, 9.17) is 0 Å². The van der Waals surface area contributed by atoms with Gasteiger partial charge in [0.15, 0.2) is 0 Å². The highest BCUT2D eigenvalue weighted by molar-refractivity contribution is 5.81. The van der Waals surface area contributed by atoms with Gasteiger partial charge in [-0.25, -0.2) is 0 Å². The van der Waals surface area contributed by atoms with Crippen molar-refractivity contribution in [2.75, 3.05) is 36.0 Å². The van der Waals surface area contributed by atoms with Gasteiger partial charge in [-0.1, -0.05) is 67.5 Å². The summed E-state index contributed by atoms with van der Waals surface area (Å²) >= 11 is 0. The van der Waals surface area contributed by atoms with Gasteiger partial charge in [-0.15, -0.1) is 0 Å². The van der Waals surface area contributed by atoms with Gasteiger partial charge < -0.3 is 9.80 Å². The molecule has 0 saturated carbocycles. The average molecular weight is 489 g/mol. The third-order valence-corrected chi connectivity index (χ3v) is 6.77. The Labute approximate surface area is 221 Å². The quantitative estimate of drug-likeness (QED) is 0.254. The number of aryl methyl sites for hydroxylation is 1. The van der Waals surface area contributed by atoms with Crippen LogP contribution in [0.4, 0.5) is 11.4 Å². The maximum absolute atomic E-state index is 2.64. The Bertz CT molecular complexity index is 1120. The van der Waals surface area contributed by atoms with Gasteiger partial charge in [-0.2, -0.15) is 4.57 Å². The molecule has 3 heteroatoms. The van der Waals surface area contributed by atoms with Crippen LogP contribution in [0.5, 0.6) is 0 Å². The summed E-state index contributed by atoms with van der Waals surface area (Å²) in [5.41, 5.74) is 7.99. The fourth-order valence-corrected chi connectivity index (χ4v) is 5.40. The first-order chi connectivity index (χ1) is 17.0. The molecule has 0 aliphatic rings. The maximum Gasteiger partial charge on any atom is 0.213 e. The van der Waals surface area contributed by atoms with Gasteiger partial charge in [0.05, 0.1) is 5.56 Å². The zero-order valence-corrected chi connectivity index (χ0v) is 24.6. The number of fused-ring (bicyclic) bond motifs is 1. The lowest BCUT2D eigenvalue weighted by Gasteiger charge is -2.34. The summed E-state index contributed by atoms with van der Waals surface area (Å²) in [7, 11) is 2.21. The van der Waals surface area contributed by atoms with E-state index in [-0.39, 0.29) is 0 Å². The summed E-state index contributed by atoms with van der Waals surface area (Å²) < 4.78 is 2.37. The number of para-hydroxylation sites is 1. The van der Waals surface area contributed by atoms with Crippen molar-refractivity contribution in [3.63, 3.8) is 0 Å². The second-order valence-corrected chi connectivity index (χ2v) is 12.4. The van der Waals surface area contributed by atoms with E-state index in [9.17, 15) is 0 Å². The predicted molar refractivity (Wildman–Crippen MR) is 159 cm³/mol. The first-order valence-corrected chi connectivity index (χ1v) is 14.0. The lowest BCUT2D eigenvalue weighted by molar-refractivity contribution is -0.633. The third-order valence-electron chi connectivity index (χ3n) is 6.77. The molecule has 0 amide bonds. The molecule has 0 fully saturated rings. The van der Waals surface area contributed by atoms with Crippen LogP contribution in [0.3, 0.4) is 0 Å². The van der Waals surface area contributed by atoms with E-state index in [1.54, 1.807) is 0 Å². The SMILES string of the molecule is Cc1c(-c2ccc3ccccc3[n+]2C)cc(N(CC(C)C)CC(C)C)cc1N(CC(C)C)CC(C)C. The van der Waals surface area contributed by atoms with Gasteiger partial charge in [-0.05, 0) is 60.4 Å². The molecule has 3 aromatic rings. The van der Waals surface area contributed by atoms with E-state index in [0.717, 1.165) is 26.2 Å². The maximum atomic E-state index is 2.64. The standard InChI is InChI=1S/C33H50N3/c1-23(2)19-35(20-24(3)4)29-17-30(32-16-15-28-13-11-12-14-31(28)34(32)10)27(9)33(18-29)36(21-25(5)6)22-26(7)8/h11-18,23-26H,19-22H2,1-10H3/q+1. The Kier molecular flexibility index (Phi) is 9.44. The van der Waals surface area contributed by atoms with Crippen molar-refractivity contribution >= 4 is 22.3 Å². The zero-order valence-electron chi connectivity index (χ0n) is 24.6. The van der Waals surface area contributed by atoms with E-state index in [1.807, 2.05) is 0 Å². The summed E-state index contributed by atoms with van der Waals surface area (Å²) in [6, 6.07) is 18.2. The fraction of sp³-hybridized carbons (Fsp3) is 0.545. The normalized spacial score (nSPS) is 11.9. The van der Waals surface area contributed by atoms with Crippen LogP contribution in [0, 0.1) is 30.6 Å². The minimum absolute atomic E-state index is 0.606. The molecule has 0 atom stereocenters. The molecule has 3 rings (SSSR count). The molecule has 0 N–H and O–H groups in total. The smallest absolute Gasteiger partial charge is 0.213 e. The van der Waals surface area contributed by atoms with Gasteiger partial charge >= 0.3 is 0 Å². The van der Waals surface area contributed by atoms with E-state index in [1.165, 1.54) is 39.1 Å². The van der Waals surface area contributed by atoms with Crippen LogP contribution in [0.2, 0.25) is 0 Å². The van der Waals surface area contributed by atoms with Crippen molar-refractivity contribution < 1.29 is 4.57 Å². The van der Waals surface area contributed by atoms with Crippen molar-refractivity contribution in [1.82, 2.24) is 0 Å². The van der Waals surface area contributed by atoms with Crippen molar-refractivity contribution in [3.05, 3.63) is 54.1 Å². The summed E-state index contributed by atoms with van der Waals surface area (Å²) in [6.07, 6.45) is 0. The Morgan fingerprint density at radius 2 is 1.19 bits per heavy atom. The van der Waals surface area contributed by atoms with E-state index < -0.39 is 0 Å². The highest BCUT2D eigenvalue weighted by atomic mass is 15.2. The minimum Gasteiger partial charge on any atom is -0.371 e. The summed E-state index contributed by atoms with van der Waals surface area (Å²) in [4.78, 5) is 5.26. The van der Waals surface area contributed by atoms with Crippen LogP contribution in [0.1, 0.15) is 61.0 Å². The van der Waals surface area contributed by atoms with Gasteiger partial charge in [0.1, 0.15) is 7.05 Å². The van der Waals surface area contributed by atoms with Gasteiger partial charge in [-0.3, -0.25) is 0 Å². The Balaban J connectivity index is 2.29. The Morgan fingerprint density at radius 3 is 1.75 bits per heavy atom. The number of hydrogen-bond acceptors (Lipinski definition) is 2. The molecule has 0 radical (unpaired) electrons. The van der Waals surface area contributed by atoms with Crippen molar-refractivity contribution in [2.45, 2.75) is 62.3 Å². The molecule has 1 aromatic heterocycles. The second-order valence-electron chi connectivity index (χ2n) is 12.4. The molecule has 0 spiro atoms. The molecule has 0 aliphatic heterocycles. The van der Waals surface area contributed by atoms with Crippen LogP contribution in [0.25, 0.3) is 22.2 Å². The van der Waals surface area contributed by atoms with Gasteiger partial charge in [0.2, 0.25) is 11.2 Å². The van der Waals surface area contributed by atoms with Crippen molar-refractivity contribution in [2.24, 2.45) is 30.7 Å². The van der Waals surface area contributed by atoms with Crippen LogP contribution >= 0.6 is 0 Å². The molecule has 2 aromatic carbocycles. The topological polar surface area (TPSA) is 10.4 Å². The van der Waals surface area contributed by atoms with E-state index in [0.29, 0.717) is 23.7 Å². The number of nitrogens with zero attached hydrogens (tertiary/aromatic N) is 3. The molecule has 36 heavy (non-hydrogen) atoms. The van der Waals surface area contributed by atoms with Crippen molar-refractivity contribution in [3.8, 4) is 11.3 Å². The number of benzene rings is 2. The molecule has 196 valence electrons. The number of pyridine rings is 1. The predicted octanol–water partition coefficient (Wildman–Crippen LogP) is 7.88. The van der Waals surface area contributed by atoms with Gasteiger partial charge in [0, 0.05) is 55.1 Å². The van der Waals surface area contributed by atoms with Crippen LogP contribution < -0.4 is 14.4 Å². The van der Waals surface area contributed by atoms with Crippen LogP contribution in [-0.4, -0.2) is 26.2 Å². The molecule has 0 unspecified atom stereocenters. The first kappa shape index (κ1) is 28.0. The number of anilines is 2. The molecular weight excluding hydrogens is 438 g/mol. The minimum atomic E-state index is 0.606. The summed E-state index contributed by atoms with van der Waals surface area (Å²) in [5, 5.41) is 1.28. The van der Waals surface area contributed by atoms with E-state index >= 15 is 0 Å². The van der Waals surface area contributed by atoms with Crippen LogP contribution in [0.15, 0.2) is 48.5 Å². The Hall–Kier alpha value is -2.55. The number of aromatic nitrogens is 1. The molecular formula is C33H50N3+. The summed E-state index contributed by atoms with van der Waals surface area (Å²) in [6.45, 7) is 25.3. The lowest BCUT2D eigenvalue weighted by atomic mass is 9.97. The number of hydrogen-bond donors (Lipinski definition) is 0. The molecule has 0 saturated heterocycles. The van der Waals surface area contributed by atoms with Crippen LogP contribution in [-0.2, 0) is 7.05 Å². The second kappa shape index (κ2) is 12.1. The molecule has 1 heterocycles. The number of rotatable bonds is 11. The first-order valence-electron chi connectivity index (χ1n) is 14.0. The molecule has 3 nitrogen and oxygen atoms in total. The third kappa shape index (κ3) is 6.81. The highest BCUT2D eigenvalue weighted by Crippen LogP contribution is 2.36. The summed E-state index contributed by atoms with van der Waals surface area (Å²) in [5.74, 6) is 2.43. The lowest BCUT2D eigenvalue weighted by Crippen LogP contribution is -2.35. The molecule has 0 aliphatic carbocycles. The monoisotopic (exact) mass is 488 g/mol. The highest BCUT2D eigenvalue weighted by Gasteiger charge is 2.24. The van der Waals surface area contributed by atoms with Crippen molar-refractivity contribution in [1.29, 1.82) is 0 Å². The average Bonchev–Trinajstić information content (AvgIpc) is 2.78. The molecule has 0 bridgehead atoms.